The van der Waals surface area contributed by atoms with Crippen LogP contribution in [0.25, 0.3) is 0 Å². The summed E-state index contributed by atoms with van der Waals surface area (Å²) in [7, 11) is -4.11. The molecule has 0 saturated carbocycles. The number of nitrogens with one attached hydrogen (secondary N) is 2. The lowest BCUT2D eigenvalue weighted by atomic mass is 10.0. The summed E-state index contributed by atoms with van der Waals surface area (Å²) >= 11 is 0. The monoisotopic (exact) mass is 865 g/mol. The number of carbonyl (C=O) groups excluding carboxylic acids is 2. The molecule has 2 aromatic rings. The Balaban J connectivity index is 1.77. The summed E-state index contributed by atoms with van der Waals surface area (Å²) in [4.78, 5) is 49.1. The molecule has 2 aromatic carbocycles. The Morgan fingerprint density at radius 1 is 0.717 bits per heavy atom. The minimum absolute atomic E-state index is 0.000944. The van der Waals surface area contributed by atoms with Crippen LogP contribution < -0.4 is 10.0 Å². The van der Waals surface area contributed by atoms with Crippen LogP contribution in [-0.4, -0.2) is 106 Å². The van der Waals surface area contributed by atoms with E-state index in [1.807, 2.05) is 0 Å². The number of sulfonamides is 1. The lowest BCUT2D eigenvalue weighted by Gasteiger charge is -2.28. The molecule has 17 nitrogen and oxygen atoms in total. The van der Waals surface area contributed by atoms with E-state index in [9.17, 15) is 43.3 Å². The van der Waals surface area contributed by atoms with Crippen molar-refractivity contribution in [3.8, 4) is 0 Å². The highest BCUT2D eigenvalue weighted by atomic mass is 32.2. The average molecular weight is 866 g/mol. The molecule has 0 aliphatic carbocycles. The summed E-state index contributed by atoms with van der Waals surface area (Å²) < 4.78 is 43.8. The van der Waals surface area contributed by atoms with Crippen molar-refractivity contribution in [3.63, 3.8) is 0 Å². The van der Waals surface area contributed by atoms with Gasteiger partial charge in [0.2, 0.25) is 21.8 Å². The molecule has 0 fully saturated rings. The van der Waals surface area contributed by atoms with Crippen LogP contribution in [0.3, 0.4) is 0 Å². The number of ether oxygens (including phenoxy) is 3. The predicted molar refractivity (Wildman–Crippen MR) is 228 cm³/mol. The average Bonchev–Trinajstić information content (AvgIpc) is 3.24. The van der Waals surface area contributed by atoms with Crippen LogP contribution in [0.2, 0.25) is 0 Å². The molecule has 3 N–H and O–H groups in total. The first kappa shape index (κ1) is 52.1. The maximum Gasteiger partial charge on any atom is 0.289 e. The van der Waals surface area contributed by atoms with Gasteiger partial charge in [-0.15, -0.1) is 0 Å². The molecule has 0 aliphatic heterocycles. The fraction of sp³-hybridized carbons (Fsp3) is 0.667. The number of nitrogens with zero attached hydrogens (tertiary/aromatic N) is 3. The minimum Gasteiger partial charge on any atom is -0.394 e. The van der Waals surface area contributed by atoms with Crippen molar-refractivity contribution in [3.05, 3.63) is 74.3 Å². The van der Waals surface area contributed by atoms with Crippen LogP contribution in [0, 0.1) is 20.2 Å². The fourth-order valence-corrected chi connectivity index (χ4v) is 7.77. The largest absolute Gasteiger partial charge is 0.394 e. The molecule has 1 unspecified atom stereocenters. The Kier molecular flexibility index (Phi) is 27.6. The Bertz CT molecular complexity index is 1650. The number of nitro benzene ring substituents is 2. The number of hydrogen-bond acceptors (Lipinski definition) is 12. The van der Waals surface area contributed by atoms with E-state index in [4.69, 9.17) is 14.2 Å². The maximum absolute atomic E-state index is 13.6. The quantitative estimate of drug-likeness (QED) is 0.0363. The van der Waals surface area contributed by atoms with Crippen LogP contribution in [-0.2, 0) is 33.8 Å². The molecule has 18 heteroatoms. The van der Waals surface area contributed by atoms with Crippen molar-refractivity contribution in [1.29, 1.82) is 0 Å². The third-order valence-corrected chi connectivity index (χ3v) is 11.3. The number of benzene rings is 2. The lowest BCUT2D eigenvalue weighted by Crippen LogP contribution is -2.37. The number of nitro groups is 2. The molecule has 1 atom stereocenters. The lowest BCUT2D eigenvalue weighted by molar-refractivity contribution is -0.387. The molecule has 0 aromatic heterocycles. The smallest absolute Gasteiger partial charge is 0.289 e. The Labute approximate surface area is 355 Å². The maximum atomic E-state index is 13.6. The number of rotatable bonds is 37. The van der Waals surface area contributed by atoms with Crippen molar-refractivity contribution in [2.75, 3.05) is 65.8 Å². The Hall–Kier alpha value is -4.07. The zero-order chi connectivity index (χ0) is 43.9. The van der Waals surface area contributed by atoms with Gasteiger partial charge in [0.25, 0.3) is 11.4 Å². The Morgan fingerprint density at radius 3 is 1.83 bits per heavy atom. The Morgan fingerprint density at radius 2 is 1.25 bits per heavy atom. The van der Waals surface area contributed by atoms with E-state index >= 15 is 0 Å². The molecule has 2 rings (SSSR count). The highest BCUT2D eigenvalue weighted by molar-refractivity contribution is 7.89. The molecule has 0 radical (unpaired) electrons. The first-order valence-corrected chi connectivity index (χ1v) is 22.9. The number of carbonyl (C=O) groups is 2. The highest BCUT2D eigenvalue weighted by Gasteiger charge is 2.27. The van der Waals surface area contributed by atoms with Gasteiger partial charge < -0.3 is 29.5 Å². The van der Waals surface area contributed by atoms with E-state index in [-0.39, 0.29) is 89.6 Å². The standard InChI is InChI=1S/C42H67N5O12S/c1-2-3-4-5-6-7-8-9-10-11-12-13-14-19-28-45(35-39(59-32-29-48)36-20-15-16-21-37(36)46(51)52)42(50)25-24-41(49)43-26-30-57-33-34-58-31-27-44-60(55,56)40-23-18-17-22-38(40)47(53)54/h15-18,20-23,39,44,48H,2-14,19,24-35H2,1H3,(H,43,49). The molecule has 0 aliphatic rings. The van der Waals surface area contributed by atoms with Gasteiger partial charge in [0, 0.05) is 44.6 Å². The summed E-state index contributed by atoms with van der Waals surface area (Å²) in [5, 5.41) is 35.2. The molecule has 0 heterocycles. The van der Waals surface area contributed by atoms with Gasteiger partial charge in [-0.25, -0.2) is 13.1 Å². The fourth-order valence-electron chi connectivity index (χ4n) is 6.59. The summed E-state index contributed by atoms with van der Waals surface area (Å²) in [6.07, 6.45) is 15.7. The van der Waals surface area contributed by atoms with Gasteiger partial charge in [-0.05, 0) is 18.6 Å². The SMILES string of the molecule is CCCCCCCCCCCCCCCCN(CC(OCCO)c1ccccc1[N+](=O)[O-])C(=O)CCC(=O)NCCOCCOCCNS(=O)(=O)c1ccccc1[N+](=O)[O-]. The zero-order valence-electron chi connectivity index (χ0n) is 35.3. The van der Waals surface area contributed by atoms with E-state index in [1.165, 1.54) is 82.4 Å². The molecular weight excluding hydrogens is 799 g/mol. The van der Waals surface area contributed by atoms with Crippen LogP contribution in [0.5, 0.6) is 0 Å². The first-order valence-electron chi connectivity index (χ1n) is 21.4. The summed E-state index contributed by atoms with van der Waals surface area (Å²) in [6.45, 7) is 2.84. The van der Waals surface area contributed by atoms with Gasteiger partial charge in [0.15, 0.2) is 4.90 Å². The van der Waals surface area contributed by atoms with Crippen molar-refractivity contribution < 1.29 is 47.2 Å². The van der Waals surface area contributed by atoms with Crippen LogP contribution in [0.15, 0.2) is 53.4 Å². The number of aliphatic hydroxyl groups excluding tert-OH is 1. The van der Waals surface area contributed by atoms with E-state index in [1.54, 1.807) is 23.1 Å². The minimum atomic E-state index is -4.11. The molecule has 2 amide bonds. The molecular formula is C42H67N5O12S. The van der Waals surface area contributed by atoms with Gasteiger partial charge in [-0.2, -0.15) is 0 Å². The van der Waals surface area contributed by atoms with E-state index in [2.05, 4.69) is 17.0 Å². The number of para-hydroxylation sites is 2. The second kappa shape index (κ2) is 31.8. The topological polar surface area (TPSA) is 230 Å². The van der Waals surface area contributed by atoms with Crippen molar-refractivity contribution in [1.82, 2.24) is 14.9 Å². The highest BCUT2D eigenvalue weighted by Crippen LogP contribution is 2.29. The molecule has 0 saturated heterocycles. The number of amides is 2. The van der Waals surface area contributed by atoms with Gasteiger partial charge in [0.1, 0.15) is 6.10 Å². The summed E-state index contributed by atoms with van der Waals surface area (Å²) in [5.41, 5.74) is -0.361. The van der Waals surface area contributed by atoms with E-state index in [0.717, 1.165) is 37.8 Å². The predicted octanol–water partition coefficient (Wildman–Crippen LogP) is 6.77. The zero-order valence-corrected chi connectivity index (χ0v) is 36.1. The summed E-state index contributed by atoms with van der Waals surface area (Å²) in [5.74, 6) is -0.633. The van der Waals surface area contributed by atoms with Gasteiger partial charge in [-0.1, -0.05) is 115 Å². The normalized spacial score (nSPS) is 12.0. The molecule has 338 valence electrons. The molecule has 0 bridgehead atoms. The first-order chi connectivity index (χ1) is 29.0. The third kappa shape index (κ3) is 22.0. The third-order valence-electron chi connectivity index (χ3n) is 9.81. The van der Waals surface area contributed by atoms with E-state index in [0.29, 0.717) is 12.1 Å². The van der Waals surface area contributed by atoms with Gasteiger partial charge >= 0.3 is 0 Å². The number of hydrogen-bond donors (Lipinski definition) is 3. The number of unbranched alkanes of at least 4 members (excludes halogenated alkanes) is 13. The van der Waals surface area contributed by atoms with Crippen LogP contribution in [0.4, 0.5) is 11.4 Å². The molecule has 60 heavy (non-hydrogen) atoms. The van der Waals surface area contributed by atoms with Crippen molar-refractivity contribution in [2.45, 2.75) is 121 Å². The van der Waals surface area contributed by atoms with E-state index < -0.39 is 36.6 Å². The summed E-state index contributed by atoms with van der Waals surface area (Å²) in [6, 6.07) is 11.2. The van der Waals surface area contributed by atoms with Gasteiger partial charge in [0.05, 0.1) is 61.6 Å². The van der Waals surface area contributed by atoms with Crippen LogP contribution in [0.1, 0.15) is 121 Å². The number of aliphatic hydroxyl groups is 1. The van der Waals surface area contributed by atoms with Crippen LogP contribution >= 0.6 is 0 Å². The second-order valence-electron chi connectivity index (χ2n) is 14.5. The van der Waals surface area contributed by atoms with Crippen molar-refractivity contribution in [2.24, 2.45) is 0 Å². The second-order valence-corrected chi connectivity index (χ2v) is 16.3. The molecule has 0 spiro atoms. The van der Waals surface area contributed by atoms with Crippen molar-refractivity contribution >= 4 is 33.2 Å². The van der Waals surface area contributed by atoms with Gasteiger partial charge in [-0.3, -0.25) is 29.8 Å².